The van der Waals surface area contributed by atoms with Gasteiger partial charge in [-0.1, -0.05) is 30.3 Å². The Balaban J connectivity index is 1.84. The quantitative estimate of drug-likeness (QED) is 0.497. The molecule has 1 saturated heterocycles. The summed E-state index contributed by atoms with van der Waals surface area (Å²) in [4.78, 5) is 11.9. The number of hydrogen-bond donors (Lipinski definition) is 5. The van der Waals surface area contributed by atoms with Gasteiger partial charge in [-0.2, -0.15) is 0 Å². The monoisotopic (exact) mass is 294 g/mol. The molecule has 2 rings (SSSR count). The van der Waals surface area contributed by atoms with Gasteiger partial charge in [0.05, 0.1) is 12.2 Å². The molecule has 5 N–H and O–H groups in total. The number of piperidine rings is 1. The van der Waals surface area contributed by atoms with E-state index in [0.717, 1.165) is 5.56 Å². The fraction of sp³-hybridized carbons (Fsp3) is 0.533. The smallest absolute Gasteiger partial charge is 0.221 e. The Bertz CT molecular complexity index is 468. The van der Waals surface area contributed by atoms with Gasteiger partial charge >= 0.3 is 0 Å². The molecule has 0 radical (unpaired) electrons. The summed E-state index contributed by atoms with van der Waals surface area (Å²) in [5.41, 5.74) is 0.992. The normalized spacial score (nSPS) is 32.7. The van der Waals surface area contributed by atoms with Crippen LogP contribution in [-0.2, 0) is 11.3 Å². The van der Waals surface area contributed by atoms with Crippen LogP contribution in [0.2, 0.25) is 0 Å². The van der Waals surface area contributed by atoms with E-state index in [1.54, 1.807) is 6.92 Å². The van der Waals surface area contributed by atoms with Crippen LogP contribution in [0.3, 0.4) is 0 Å². The van der Waals surface area contributed by atoms with E-state index < -0.39 is 24.4 Å². The number of hydrogen-bond acceptors (Lipinski definition) is 5. The number of rotatable bonds is 4. The molecule has 1 aromatic carbocycles. The summed E-state index contributed by atoms with van der Waals surface area (Å²) < 4.78 is 0. The molecule has 0 unspecified atom stereocenters. The Morgan fingerprint density at radius 2 is 1.81 bits per heavy atom. The minimum atomic E-state index is -1.24. The van der Waals surface area contributed by atoms with Gasteiger partial charge in [0.2, 0.25) is 5.91 Å². The van der Waals surface area contributed by atoms with E-state index in [0.29, 0.717) is 6.54 Å². The van der Waals surface area contributed by atoms with E-state index in [9.17, 15) is 20.1 Å². The van der Waals surface area contributed by atoms with E-state index in [1.807, 2.05) is 30.3 Å². The summed E-state index contributed by atoms with van der Waals surface area (Å²) in [5, 5.41) is 35.0. The predicted molar refractivity (Wildman–Crippen MR) is 77.3 cm³/mol. The van der Waals surface area contributed by atoms with Crippen LogP contribution < -0.4 is 10.6 Å². The van der Waals surface area contributed by atoms with Gasteiger partial charge in [-0.25, -0.2) is 0 Å². The van der Waals surface area contributed by atoms with Gasteiger partial charge in [0.1, 0.15) is 6.10 Å². The minimum absolute atomic E-state index is 0.0438. The van der Waals surface area contributed by atoms with E-state index in [1.165, 1.54) is 0 Å². The van der Waals surface area contributed by atoms with E-state index in [2.05, 4.69) is 10.6 Å². The lowest BCUT2D eigenvalue weighted by Crippen LogP contribution is -2.64. The third-order valence-corrected chi connectivity index (χ3v) is 3.84. The van der Waals surface area contributed by atoms with Crippen LogP contribution in [0.1, 0.15) is 18.9 Å². The van der Waals surface area contributed by atoms with Crippen molar-refractivity contribution in [1.82, 2.24) is 10.6 Å². The summed E-state index contributed by atoms with van der Waals surface area (Å²) in [6, 6.07) is 8.57. The topological polar surface area (TPSA) is 102 Å². The van der Waals surface area contributed by atoms with Gasteiger partial charge in [0.15, 0.2) is 0 Å². The molecular formula is C15H22N2O4. The molecule has 0 spiro atoms. The van der Waals surface area contributed by atoms with Crippen molar-refractivity contribution in [2.45, 2.75) is 50.3 Å². The summed E-state index contributed by atoms with van der Waals surface area (Å²) in [7, 11) is 0. The third-order valence-electron chi connectivity index (χ3n) is 3.84. The van der Waals surface area contributed by atoms with Gasteiger partial charge in [0.25, 0.3) is 0 Å². The highest BCUT2D eigenvalue weighted by Gasteiger charge is 2.40. The maximum atomic E-state index is 11.9. The summed E-state index contributed by atoms with van der Waals surface area (Å²) >= 11 is 0. The molecule has 0 saturated carbocycles. The average Bonchev–Trinajstić information content (AvgIpc) is 2.49. The van der Waals surface area contributed by atoms with Crippen LogP contribution in [0.5, 0.6) is 0 Å². The van der Waals surface area contributed by atoms with Crippen molar-refractivity contribution in [2.75, 3.05) is 0 Å². The summed E-state index contributed by atoms with van der Waals surface area (Å²) in [6.07, 6.45) is -3.40. The molecule has 1 aliphatic heterocycles. The zero-order valence-electron chi connectivity index (χ0n) is 11.9. The molecule has 21 heavy (non-hydrogen) atoms. The Labute approximate surface area is 123 Å². The lowest BCUT2D eigenvalue weighted by molar-refractivity contribution is -0.130. The van der Waals surface area contributed by atoms with Crippen molar-refractivity contribution in [3.8, 4) is 0 Å². The Kier molecular flexibility index (Phi) is 5.30. The zero-order chi connectivity index (χ0) is 15.4. The van der Waals surface area contributed by atoms with Gasteiger partial charge in [0, 0.05) is 25.0 Å². The number of aliphatic hydroxyl groups is 3. The Morgan fingerprint density at radius 3 is 2.48 bits per heavy atom. The van der Waals surface area contributed by atoms with Crippen LogP contribution in [0.25, 0.3) is 0 Å². The lowest BCUT2D eigenvalue weighted by Gasteiger charge is -2.40. The fourth-order valence-corrected chi connectivity index (χ4v) is 2.52. The highest BCUT2D eigenvalue weighted by Crippen LogP contribution is 2.17. The van der Waals surface area contributed by atoms with Crippen molar-refractivity contribution in [1.29, 1.82) is 0 Å². The second-order valence-electron chi connectivity index (χ2n) is 5.50. The van der Waals surface area contributed by atoms with Crippen molar-refractivity contribution < 1.29 is 20.1 Å². The maximum absolute atomic E-state index is 11.9. The SMILES string of the molecule is C[C@@H]1N[C@H](CC(=O)NCc2ccccc2)[C@@H](O)[C@H](O)[C@@H]1O. The highest BCUT2D eigenvalue weighted by molar-refractivity contribution is 5.76. The number of carbonyl (C=O) groups is 1. The maximum Gasteiger partial charge on any atom is 0.221 e. The molecule has 0 aliphatic carbocycles. The van der Waals surface area contributed by atoms with Crippen molar-refractivity contribution in [3.63, 3.8) is 0 Å². The molecule has 5 atom stereocenters. The standard InChI is InChI=1S/C15H22N2O4/c1-9-13(19)15(21)14(20)11(17-9)7-12(18)16-8-10-5-3-2-4-6-10/h2-6,9,11,13-15,17,19-21H,7-8H2,1H3,(H,16,18)/t9-,11+,13+,14+,15+/m0/s1. The Morgan fingerprint density at radius 1 is 1.14 bits per heavy atom. The van der Waals surface area contributed by atoms with Crippen LogP contribution >= 0.6 is 0 Å². The third kappa shape index (κ3) is 4.01. The molecule has 1 aliphatic rings. The number of nitrogens with one attached hydrogen (secondary N) is 2. The second kappa shape index (κ2) is 7.00. The van der Waals surface area contributed by atoms with Crippen molar-refractivity contribution in [3.05, 3.63) is 35.9 Å². The first-order valence-corrected chi connectivity index (χ1v) is 7.10. The van der Waals surface area contributed by atoms with Crippen molar-refractivity contribution >= 4 is 5.91 Å². The van der Waals surface area contributed by atoms with E-state index >= 15 is 0 Å². The second-order valence-corrected chi connectivity index (χ2v) is 5.50. The molecule has 1 amide bonds. The number of carbonyl (C=O) groups excluding carboxylic acids is 1. The van der Waals surface area contributed by atoms with E-state index in [-0.39, 0.29) is 18.4 Å². The molecular weight excluding hydrogens is 272 g/mol. The van der Waals surface area contributed by atoms with Crippen LogP contribution in [-0.4, -0.2) is 51.6 Å². The van der Waals surface area contributed by atoms with Crippen LogP contribution in [0, 0.1) is 0 Å². The molecule has 1 heterocycles. The van der Waals surface area contributed by atoms with Gasteiger partial charge in [-0.15, -0.1) is 0 Å². The fourth-order valence-electron chi connectivity index (χ4n) is 2.52. The summed E-state index contributed by atoms with van der Waals surface area (Å²) in [5.74, 6) is -0.216. The molecule has 6 heteroatoms. The number of aliphatic hydroxyl groups excluding tert-OH is 3. The van der Waals surface area contributed by atoms with Crippen molar-refractivity contribution in [2.24, 2.45) is 0 Å². The van der Waals surface area contributed by atoms with Gasteiger partial charge in [-0.3, -0.25) is 4.79 Å². The number of amides is 1. The van der Waals surface area contributed by atoms with E-state index in [4.69, 9.17) is 0 Å². The lowest BCUT2D eigenvalue weighted by atomic mass is 9.89. The molecule has 1 fully saturated rings. The first kappa shape index (κ1) is 15.9. The van der Waals surface area contributed by atoms with Gasteiger partial charge in [-0.05, 0) is 12.5 Å². The molecule has 6 nitrogen and oxygen atoms in total. The molecule has 1 aromatic rings. The Hall–Kier alpha value is -1.47. The predicted octanol–water partition coefficient (Wildman–Crippen LogP) is -0.864. The van der Waals surface area contributed by atoms with Crippen LogP contribution in [0.15, 0.2) is 30.3 Å². The first-order valence-electron chi connectivity index (χ1n) is 7.10. The minimum Gasteiger partial charge on any atom is -0.389 e. The largest absolute Gasteiger partial charge is 0.389 e. The first-order chi connectivity index (χ1) is 9.99. The molecule has 0 aromatic heterocycles. The van der Waals surface area contributed by atoms with Gasteiger partial charge < -0.3 is 26.0 Å². The zero-order valence-corrected chi connectivity index (χ0v) is 11.9. The summed E-state index contributed by atoms with van der Waals surface area (Å²) in [6.45, 7) is 2.12. The molecule has 116 valence electrons. The highest BCUT2D eigenvalue weighted by atomic mass is 16.4. The molecule has 0 bridgehead atoms. The van der Waals surface area contributed by atoms with Crippen LogP contribution in [0.4, 0.5) is 0 Å². The number of benzene rings is 1. The average molecular weight is 294 g/mol.